The van der Waals surface area contributed by atoms with E-state index >= 15 is 0 Å². The average Bonchev–Trinajstić information content (AvgIpc) is 2.74. The predicted molar refractivity (Wildman–Crippen MR) is 107 cm³/mol. The van der Waals surface area contributed by atoms with Crippen LogP contribution in [0.2, 0.25) is 0 Å². The van der Waals surface area contributed by atoms with Crippen molar-refractivity contribution in [3.8, 4) is 17.2 Å². The number of amides is 1. The van der Waals surface area contributed by atoms with Gasteiger partial charge in [-0.1, -0.05) is 18.2 Å². The molecule has 6 heteroatoms. The molecule has 1 aliphatic rings. The number of carbonyl (C=O) groups excluding carboxylic acids is 1. The molecule has 1 heterocycles. The molecule has 6 nitrogen and oxygen atoms in total. The van der Waals surface area contributed by atoms with E-state index in [1.54, 1.807) is 36.3 Å². The first-order chi connectivity index (χ1) is 13.6. The van der Waals surface area contributed by atoms with Gasteiger partial charge in [0.1, 0.15) is 11.9 Å². The van der Waals surface area contributed by atoms with Crippen LogP contribution in [0.1, 0.15) is 22.1 Å². The number of phenols is 1. The van der Waals surface area contributed by atoms with E-state index in [1.165, 1.54) is 7.11 Å². The Kier molecular flexibility index (Phi) is 4.53. The topological polar surface area (TPSA) is 71.0 Å². The fraction of sp³-hybridized carbons (Fsp3) is 0.136. The van der Waals surface area contributed by atoms with Crippen molar-refractivity contribution in [2.75, 3.05) is 24.4 Å². The lowest BCUT2D eigenvalue weighted by atomic mass is 10.0. The molecule has 0 unspecified atom stereocenters. The molecule has 0 aliphatic carbocycles. The van der Waals surface area contributed by atoms with Gasteiger partial charge in [0.2, 0.25) is 0 Å². The molecule has 0 saturated heterocycles. The molecule has 1 atom stereocenters. The van der Waals surface area contributed by atoms with Gasteiger partial charge in [0.15, 0.2) is 11.5 Å². The third-order valence-corrected chi connectivity index (χ3v) is 4.80. The largest absolute Gasteiger partial charge is 0.504 e. The highest BCUT2D eigenvalue weighted by atomic mass is 16.5. The molecule has 28 heavy (non-hydrogen) atoms. The number of fused-ring (bicyclic) bond motifs is 1. The average molecular weight is 376 g/mol. The minimum absolute atomic E-state index is 0.0461. The summed E-state index contributed by atoms with van der Waals surface area (Å²) in [5.74, 6) is 0.992. The number of phenolic OH excluding ortho intramolecular Hbond substituents is 1. The van der Waals surface area contributed by atoms with Gasteiger partial charge in [0.25, 0.3) is 5.91 Å². The van der Waals surface area contributed by atoms with E-state index in [2.05, 4.69) is 5.32 Å². The van der Waals surface area contributed by atoms with E-state index in [9.17, 15) is 9.90 Å². The van der Waals surface area contributed by atoms with Gasteiger partial charge in [0.05, 0.1) is 19.8 Å². The molecule has 0 radical (unpaired) electrons. The Labute approximate surface area is 162 Å². The van der Waals surface area contributed by atoms with Crippen molar-refractivity contribution in [3.05, 3.63) is 77.9 Å². The van der Waals surface area contributed by atoms with E-state index in [-0.39, 0.29) is 11.7 Å². The quantitative estimate of drug-likeness (QED) is 0.715. The summed E-state index contributed by atoms with van der Waals surface area (Å²) in [7, 11) is 3.10. The summed E-state index contributed by atoms with van der Waals surface area (Å²) in [5, 5.41) is 13.4. The van der Waals surface area contributed by atoms with E-state index in [1.807, 2.05) is 42.5 Å². The van der Waals surface area contributed by atoms with Crippen LogP contribution >= 0.6 is 0 Å². The fourth-order valence-corrected chi connectivity index (χ4v) is 3.36. The van der Waals surface area contributed by atoms with Crippen LogP contribution in [0.15, 0.2) is 66.7 Å². The second kappa shape index (κ2) is 7.15. The number of nitrogens with zero attached hydrogens (tertiary/aromatic N) is 1. The summed E-state index contributed by atoms with van der Waals surface area (Å²) in [6, 6.07) is 19.8. The molecule has 1 amide bonds. The second-order valence-electron chi connectivity index (χ2n) is 6.40. The Hall–Kier alpha value is -3.67. The third-order valence-electron chi connectivity index (χ3n) is 4.80. The Morgan fingerprint density at radius 1 is 0.964 bits per heavy atom. The maximum absolute atomic E-state index is 13.4. The molecular weight excluding hydrogens is 356 g/mol. The second-order valence-corrected chi connectivity index (χ2v) is 6.40. The van der Waals surface area contributed by atoms with Crippen molar-refractivity contribution in [2.45, 2.75) is 6.17 Å². The number of aromatic hydroxyl groups is 1. The molecular formula is C22H20N2O4. The SMILES string of the molecule is COc1ccc(N2C(=O)c3ccccc3N[C@@H]2c2ccc(O)c(OC)c2)cc1. The number of anilines is 2. The smallest absolute Gasteiger partial charge is 0.262 e. The molecule has 2 N–H and O–H groups in total. The molecule has 3 aromatic carbocycles. The summed E-state index contributed by atoms with van der Waals surface area (Å²) in [6.45, 7) is 0. The lowest BCUT2D eigenvalue weighted by Crippen LogP contribution is -2.43. The van der Waals surface area contributed by atoms with Gasteiger partial charge < -0.3 is 19.9 Å². The molecule has 1 aliphatic heterocycles. The van der Waals surface area contributed by atoms with Crippen LogP contribution in [0.4, 0.5) is 11.4 Å². The molecule has 0 spiro atoms. The summed E-state index contributed by atoms with van der Waals surface area (Å²) >= 11 is 0. The maximum atomic E-state index is 13.4. The first-order valence-corrected chi connectivity index (χ1v) is 8.82. The van der Waals surface area contributed by atoms with Crippen molar-refractivity contribution in [1.82, 2.24) is 0 Å². The molecule has 0 fully saturated rings. The molecule has 142 valence electrons. The number of ether oxygens (including phenoxy) is 2. The predicted octanol–water partition coefficient (Wildman–Crippen LogP) is 4.18. The van der Waals surface area contributed by atoms with Crippen molar-refractivity contribution < 1.29 is 19.4 Å². The number of hydrogen-bond donors (Lipinski definition) is 2. The zero-order valence-corrected chi connectivity index (χ0v) is 15.5. The number of para-hydroxylation sites is 1. The van der Waals surface area contributed by atoms with Gasteiger partial charge in [-0.25, -0.2) is 0 Å². The van der Waals surface area contributed by atoms with Crippen LogP contribution in [0, 0.1) is 0 Å². The minimum atomic E-state index is -0.467. The fourth-order valence-electron chi connectivity index (χ4n) is 3.36. The van der Waals surface area contributed by atoms with Gasteiger partial charge in [-0.05, 0) is 54.1 Å². The van der Waals surface area contributed by atoms with Crippen LogP contribution in [0.3, 0.4) is 0 Å². The zero-order chi connectivity index (χ0) is 19.7. The number of carbonyl (C=O) groups is 1. The Morgan fingerprint density at radius 2 is 1.71 bits per heavy atom. The Bertz CT molecular complexity index is 1020. The van der Waals surface area contributed by atoms with Crippen LogP contribution in [-0.2, 0) is 0 Å². The summed E-state index contributed by atoms with van der Waals surface area (Å²) in [5.41, 5.74) is 2.87. The lowest BCUT2D eigenvalue weighted by Gasteiger charge is -2.38. The van der Waals surface area contributed by atoms with Crippen molar-refractivity contribution in [3.63, 3.8) is 0 Å². The highest BCUT2D eigenvalue weighted by Gasteiger charge is 2.34. The highest BCUT2D eigenvalue weighted by Crippen LogP contribution is 2.39. The summed E-state index contributed by atoms with van der Waals surface area (Å²) < 4.78 is 10.5. The van der Waals surface area contributed by atoms with Crippen molar-refractivity contribution in [2.24, 2.45) is 0 Å². The van der Waals surface area contributed by atoms with Crippen LogP contribution in [-0.4, -0.2) is 25.2 Å². The molecule has 4 rings (SSSR count). The van der Waals surface area contributed by atoms with Gasteiger partial charge in [0, 0.05) is 11.4 Å². The highest BCUT2D eigenvalue weighted by molar-refractivity contribution is 6.12. The minimum Gasteiger partial charge on any atom is -0.504 e. The maximum Gasteiger partial charge on any atom is 0.262 e. The molecule has 3 aromatic rings. The van der Waals surface area contributed by atoms with Gasteiger partial charge in [-0.2, -0.15) is 0 Å². The van der Waals surface area contributed by atoms with Gasteiger partial charge in [-0.3, -0.25) is 9.69 Å². The van der Waals surface area contributed by atoms with Crippen molar-refractivity contribution in [1.29, 1.82) is 0 Å². The van der Waals surface area contributed by atoms with Crippen LogP contribution in [0.5, 0.6) is 17.2 Å². The van der Waals surface area contributed by atoms with Gasteiger partial charge >= 0.3 is 0 Å². The number of hydrogen-bond acceptors (Lipinski definition) is 5. The van der Waals surface area contributed by atoms with Crippen LogP contribution in [0.25, 0.3) is 0 Å². The normalized spacial score (nSPS) is 15.6. The zero-order valence-electron chi connectivity index (χ0n) is 15.5. The first-order valence-electron chi connectivity index (χ1n) is 8.82. The van der Waals surface area contributed by atoms with E-state index in [4.69, 9.17) is 9.47 Å². The van der Waals surface area contributed by atoms with E-state index in [0.717, 1.165) is 16.9 Å². The van der Waals surface area contributed by atoms with E-state index in [0.29, 0.717) is 17.1 Å². The monoisotopic (exact) mass is 376 g/mol. The lowest BCUT2D eigenvalue weighted by molar-refractivity contribution is 0.0975. The summed E-state index contributed by atoms with van der Waals surface area (Å²) in [6.07, 6.45) is -0.467. The number of benzene rings is 3. The Morgan fingerprint density at radius 3 is 2.43 bits per heavy atom. The Balaban J connectivity index is 1.84. The van der Waals surface area contributed by atoms with Crippen LogP contribution < -0.4 is 19.7 Å². The van der Waals surface area contributed by atoms with Crippen molar-refractivity contribution >= 4 is 17.3 Å². The summed E-state index contributed by atoms with van der Waals surface area (Å²) in [4.78, 5) is 15.0. The molecule has 0 aromatic heterocycles. The standard InChI is InChI=1S/C22H20N2O4/c1-27-16-10-8-15(9-11-16)24-21(14-7-12-19(25)20(13-14)28-2)23-18-6-4-3-5-17(18)22(24)26/h3-13,21,23,25H,1-2H3/t21-/m0/s1. The molecule has 0 saturated carbocycles. The first kappa shape index (κ1) is 17.7. The third kappa shape index (κ3) is 2.99. The van der Waals surface area contributed by atoms with E-state index < -0.39 is 6.17 Å². The number of nitrogens with one attached hydrogen (secondary N) is 1. The molecule has 0 bridgehead atoms. The van der Waals surface area contributed by atoms with Gasteiger partial charge in [-0.15, -0.1) is 0 Å². The number of methoxy groups -OCH3 is 2. The number of rotatable bonds is 4.